The van der Waals surface area contributed by atoms with Crippen LogP contribution >= 0.6 is 0 Å². The smallest absolute Gasteiger partial charge is 0.276 e. The van der Waals surface area contributed by atoms with Crippen LogP contribution in [0.1, 0.15) is 27.8 Å². The molecular formula is C19H15FN4O2. The topological polar surface area (TPSA) is 84.0 Å². The molecule has 26 heavy (non-hydrogen) atoms. The molecule has 2 aromatic carbocycles. The van der Waals surface area contributed by atoms with Gasteiger partial charge in [-0.3, -0.25) is 9.59 Å². The molecule has 130 valence electrons. The number of amides is 1. The molecule has 0 radical (unpaired) electrons. The van der Waals surface area contributed by atoms with Gasteiger partial charge in [-0.25, -0.2) is 4.39 Å². The molecule has 0 atom stereocenters. The number of carbonyl (C=O) groups is 2. The van der Waals surface area contributed by atoms with Crippen LogP contribution in [0.2, 0.25) is 0 Å². The van der Waals surface area contributed by atoms with Gasteiger partial charge in [0.2, 0.25) is 0 Å². The number of nitrogens with one attached hydrogen (secondary N) is 2. The minimum absolute atomic E-state index is 0.0124. The molecule has 1 aromatic heterocycles. The number of halogens is 1. The van der Waals surface area contributed by atoms with Gasteiger partial charge in [0.25, 0.3) is 5.91 Å². The summed E-state index contributed by atoms with van der Waals surface area (Å²) in [5, 5.41) is 13.2. The van der Waals surface area contributed by atoms with Crippen LogP contribution in [0, 0.1) is 5.82 Å². The molecule has 0 spiro atoms. The van der Waals surface area contributed by atoms with E-state index in [4.69, 9.17) is 0 Å². The minimum Gasteiger partial charge on any atom is -0.339 e. The van der Waals surface area contributed by atoms with E-state index in [9.17, 15) is 14.0 Å². The lowest BCUT2D eigenvalue weighted by Gasteiger charge is -2.07. The van der Waals surface area contributed by atoms with Gasteiger partial charge in [0.05, 0.1) is 5.69 Å². The number of aromatic nitrogens is 2. The SMILES string of the molecule is CC(=O)c1ccc(Nc2ccc(C(=O)Nc3ccccc3F)nn2)cc1. The lowest BCUT2D eigenvalue weighted by Crippen LogP contribution is -2.15. The Morgan fingerprint density at radius 2 is 1.65 bits per heavy atom. The van der Waals surface area contributed by atoms with Crippen molar-refractivity contribution in [3.8, 4) is 0 Å². The first-order valence-corrected chi connectivity index (χ1v) is 7.80. The highest BCUT2D eigenvalue weighted by molar-refractivity contribution is 6.02. The number of hydrogen-bond donors (Lipinski definition) is 2. The minimum atomic E-state index is -0.556. The van der Waals surface area contributed by atoms with Crippen molar-refractivity contribution in [3.63, 3.8) is 0 Å². The van der Waals surface area contributed by atoms with E-state index in [2.05, 4.69) is 20.8 Å². The van der Waals surface area contributed by atoms with Crippen LogP contribution in [0.15, 0.2) is 60.7 Å². The Morgan fingerprint density at radius 1 is 0.923 bits per heavy atom. The standard InChI is InChI=1S/C19H15FN4O2/c1-12(25)13-6-8-14(9-7-13)21-18-11-10-17(23-24-18)19(26)22-16-5-3-2-4-15(16)20/h2-11H,1H3,(H,21,24)(H,22,26). The van der Waals surface area contributed by atoms with E-state index in [0.29, 0.717) is 11.4 Å². The van der Waals surface area contributed by atoms with Gasteiger partial charge in [0.15, 0.2) is 17.3 Å². The fraction of sp³-hybridized carbons (Fsp3) is 0.0526. The number of para-hydroxylation sites is 1. The first kappa shape index (κ1) is 17.2. The van der Waals surface area contributed by atoms with Crippen molar-refractivity contribution in [2.45, 2.75) is 6.92 Å². The number of rotatable bonds is 5. The van der Waals surface area contributed by atoms with E-state index in [1.165, 1.54) is 31.2 Å². The maximum atomic E-state index is 13.6. The molecule has 0 saturated carbocycles. The van der Waals surface area contributed by atoms with Crippen molar-refractivity contribution in [2.24, 2.45) is 0 Å². The van der Waals surface area contributed by atoms with Crippen LogP contribution in [0.25, 0.3) is 0 Å². The molecule has 0 bridgehead atoms. The second kappa shape index (κ2) is 7.52. The normalized spacial score (nSPS) is 10.2. The quantitative estimate of drug-likeness (QED) is 0.684. The van der Waals surface area contributed by atoms with Gasteiger partial charge in [-0.1, -0.05) is 12.1 Å². The summed E-state index contributed by atoms with van der Waals surface area (Å²) in [6.07, 6.45) is 0. The molecule has 1 amide bonds. The fourth-order valence-corrected chi connectivity index (χ4v) is 2.21. The first-order valence-electron chi connectivity index (χ1n) is 7.80. The molecule has 0 fully saturated rings. The van der Waals surface area contributed by atoms with Gasteiger partial charge in [-0.15, -0.1) is 10.2 Å². The van der Waals surface area contributed by atoms with Gasteiger partial charge in [-0.2, -0.15) is 0 Å². The average molecular weight is 350 g/mol. The zero-order chi connectivity index (χ0) is 18.5. The number of nitrogens with zero attached hydrogens (tertiary/aromatic N) is 2. The zero-order valence-corrected chi connectivity index (χ0v) is 13.9. The summed E-state index contributed by atoms with van der Waals surface area (Å²) in [6.45, 7) is 1.50. The highest BCUT2D eigenvalue weighted by Crippen LogP contribution is 2.16. The Labute approximate surface area is 149 Å². The lowest BCUT2D eigenvalue weighted by molar-refractivity contribution is 0.101. The van der Waals surface area contributed by atoms with Crippen molar-refractivity contribution in [1.29, 1.82) is 0 Å². The Hall–Kier alpha value is -3.61. The third-order valence-corrected chi connectivity index (χ3v) is 3.58. The summed E-state index contributed by atoms with van der Waals surface area (Å²) in [5.74, 6) is -0.661. The summed E-state index contributed by atoms with van der Waals surface area (Å²) in [4.78, 5) is 23.4. The number of ketones is 1. The number of carbonyl (C=O) groups excluding carboxylic acids is 2. The van der Waals surface area contributed by atoms with Crippen LogP contribution in [-0.4, -0.2) is 21.9 Å². The van der Waals surface area contributed by atoms with E-state index in [1.807, 2.05) is 0 Å². The van der Waals surface area contributed by atoms with E-state index < -0.39 is 11.7 Å². The van der Waals surface area contributed by atoms with Gasteiger partial charge >= 0.3 is 0 Å². The molecule has 0 saturated heterocycles. The predicted molar refractivity (Wildman–Crippen MR) is 96.1 cm³/mol. The van der Waals surface area contributed by atoms with E-state index in [-0.39, 0.29) is 17.2 Å². The van der Waals surface area contributed by atoms with Crippen molar-refractivity contribution in [2.75, 3.05) is 10.6 Å². The monoisotopic (exact) mass is 350 g/mol. The van der Waals surface area contributed by atoms with Crippen molar-refractivity contribution < 1.29 is 14.0 Å². The molecule has 3 aromatic rings. The van der Waals surface area contributed by atoms with E-state index >= 15 is 0 Å². The number of anilines is 3. The zero-order valence-electron chi connectivity index (χ0n) is 13.9. The van der Waals surface area contributed by atoms with Crippen molar-refractivity contribution in [3.05, 3.63) is 77.7 Å². The third-order valence-electron chi connectivity index (χ3n) is 3.58. The molecular weight excluding hydrogens is 335 g/mol. The van der Waals surface area contributed by atoms with Crippen molar-refractivity contribution >= 4 is 28.9 Å². The maximum absolute atomic E-state index is 13.6. The Balaban J connectivity index is 1.67. The fourth-order valence-electron chi connectivity index (χ4n) is 2.21. The second-order valence-electron chi connectivity index (χ2n) is 5.50. The molecule has 2 N–H and O–H groups in total. The van der Waals surface area contributed by atoms with Gasteiger partial charge in [0, 0.05) is 11.3 Å². The predicted octanol–water partition coefficient (Wildman–Crippen LogP) is 3.81. The molecule has 3 rings (SSSR count). The molecule has 1 heterocycles. The van der Waals surface area contributed by atoms with Gasteiger partial charge < -0.3 is 10.6 Å². The lowest BCUT2D eigenvalue weighted by atomic mass is 10.1. The molecule has 0 unspecified atom stereocenters. The van der Waals surface area contributed by atoms with Crippen LogP contribution < -0.4 is 10.6 Å². The van der Waals surface area contributed by atoms with E-state index in [1.54, 1.807) is 36.4 Å². The molecule has 7 heteroatoms. The highest BCUT2D eigenvalue weighted by atomic mass is 19.1. The van der Waals surface area contributed by atoms with Crippen LogP contribution in [0.4, 0.5) is 21.6 Å². The maximum Gasteiger partial charge on any atom is 0.276 e. The summed E-state index contributed by atoms with van der Waals surface area (Å²) in [6, 6.07) is 15.8. The summed E-state index contributed by atoms with van der Waals surface area (Å²) < 4.78 is 13.6. The number of Topliss-reactive ketones (excluding diaryl/α,β-unsaturated/α-hetero) is 1. The third kappa shape index (κ3) is 4.07. The van der Waals surface area contributed by atoms with Crippen molar-refractivity contribution in [1.82, 2.24) is 10.2 Å². The van der Waals surface area contributed by atoms with Crippen LogP contribution in [0.5, 0.6) is 0 Å². The largest absolute Gasteiger partial charge is 0.339 e. The Kier molecular flexibility index (Phi) is 4.98. The summed E-state index contributed by atoms with van der Waals surface area (Å²) in [7, 11) is 0. The van der Waals surface area contributed by atoms with Gasteiger partial charge in [-0.05, 0) is 55.5 Å². The first-order chi connectivity index (χ1) is 12.5. The Morgan fingerprint density at radius 3 is 2.27 bits per heavy atom. The Bertz CT molecular complexity index is 941. The van der Waals surface area contributed by atoms with E-state index in [0.717, 1.165) is 5.69 Å². The van der Waals surface area contributed by atoms with Crippen LogP contribution in [-0.2, 0) is 0 Å². The second-order valence-corrected chi connectivity index (χ2v) is 5.50. The number of hydrogen-bond acceptors (Lipinski definition) is 5. The summed E-state index contributed by atoms with van der Waals surface area (Å²) >= 11 is 0. The van der Waals surface area contributed by atoms with Gasteiger partial charge in [0.1, 0.15) is 5.82 Å². The number of benzene rings is 2. The molecule has 6 nitrogen and oxygen atoms in total. The molecule has 0 aliphatic rings. The average Bonchev–Trinajstić information content (AvgIpc) is 2.64. The molecule has 0 aliphatic heterocycles. The summed E-state index contributed by atoms with van der Waals surface area (Å²) in [5.41, 5.74) is 1.48. The van der Waals surface area contributed by atoms with Crippen LogP contribution in [0.3, 0.4) is 0 Å². The molecule has 0 aliphatic carbocycles. The highest BCUT2D eigenvalue weighted by Gasteiger charge is 2.11.